The first-order valence-electron chi connectivity index (χ1n) is 36.4. The molecular formula is C101H66N2S. The van der Waals surface area contributed by atoms with Gasteiger partial charge in [-0.15, -0.1) is 11.3 Å². The van der Waals surface area contributed by atoms with Crippen LogP contribution in [0.5, 0.6) is 0 Å². The third-order valence-corrected chi connectivity index (χ3v) is 25.0. The molecule has 0 amide bonds. The first kappa shape index (κ1) is 59.1. The van der Waals surface area contributed by atoms with Crippen molar-refractivity contribution >= 4 is 65.6 Å². The van der Waals surface area contributed by atoms with E-state index in [0.717, 1.165) is 28.4 Å². The third kappa shape index (κ3) is 8.10. The summed E-state index contributed by atoms with van der Waals surface area (Å²) in [5, 5.41) is 2.57. The fourth-order valence-corrected chi connectivity index (χ4v) is 20.7. The number of nitrogens with zero attached hydrogens (tertiary/aromatic N) is 2. The zero-order valence-electron chi connectivity index (χ0n) is 57.4. The predicted octanol–water partition coefficient (Wildman–Crippen LogP) is 27.0. The minimum atomic E-state index is -0.537. The van der Waals surface area contributed by atoms with Crippen molar-refractivity contribution in [3.05, 3.63) is 420 Å². The van der Waals surface area contributed by atoms with Crippen molar-refractivity contribution in [3.63, 3.8) is 0 Å². The standard InChI is InChI=1S/C101H66N2S/c1-99(2)85-53-46-66(59-81(85)79-35-23-42-95(98(79)99)103(94-41-21-14-28-72(94)65-26-7-4-8-27-65)71-51-56-92-83(61-71)77-33-12-19-39-89(77)100(92)86-36-16-9-29-73(86)74-30-10-17-37-87(74)100)67-47-54-91-80(58-67)75-31-11-18-38-88(75)101(91)90-40-20-13-32-76(90)82-60-69(50-55-93(82)101)102(68-48-44-64(45-49-68)63-24-5-3-6-25-63)70-52-57-97-84(62-70)78-34-15-22-43-96(78)104-97/h3-62H,1-2H3. The second-order valence-corrected chi connectivity index (χ2v) is 30.4. The highest BCUT2D eigenvalue weighted by atomic mass is 32.1. The molecule has 1 unspecified atom stereocenters. The summed E-state index contributed by atoms with van der Waals surface area (Å²) in [5.41, 5.74) is 38.7. The summed E-state index contributed by atoms with van der Waals surface area (Å²) in [7, 11) is 0. The van der Waals surface area contributed by atoms with Crippen LogP contribution in [0.2, 0.25) is 0 Å². The number of rotatable bonds is 9. The maximum atomic E-state index is 2.58. The molecule has 5 aliphatic rings. The molecule has 5 aliphatic carbocycles. The highest BCUT2D eigenvalue weighted by Gasteiger charge is 2.54. The topological polar surface area (TPSA) is 6.48 Å². The maximum Gasteiger partial charge on any atom is 0.0725 e. The fourth-order valence-electron chi connectivity index (χ4n) is 19.6. The van der Waals surface area contributed by atoms with Crippen molar-refractivity contribution in [2.75, 3.05) is 9.80 Å². The predicted molar refractivity (Wildman–Crippen MR) is 435 cm³/mol. The van der Waals surface area contributed by atoms with Crippen LogP contribution in [0.1, 0.15) is 69.5 Å². The van der Waals surface area contributed by atoms with Gasteiger partial charge in [0.1, 0.15) is 0 Å². The Balaban J connectivity index is 0.676. The smallest absolute Gasteiger partial charge is 0.0725 e. The van der Waals surface area contributed by atoms with Gasteiger partial charge in [0, 0.05) is 53.9 Å². The van der Waals surface area contributed by atoms with Crippen molar-refractivity contribution in [1.29, 1.82) is 0 Å². The van der Waals surface area contributed by atoms with Gasteiger partial charge in [-0.3, -0.25) is 0 Å². The van der Waals surface area contributed by atoms with Crippen LogP contribution >= 0.6 is 11.3 Å². The van der Waals surface area contributed by atoms with Crippen LogP contribution in [0, 0.1) is 0 Å². The first-order chi connectivity index (χ1) is 51.3. The van der Waals surface area contributed by atoms with E-state index in [1.807, 2.05) is 11.3 Å². The quantitative estimate of drug-likeness (QED) is 0.142. The third-order valence-electron chi connectivity index (χ3n) is 23.9. The highest BCUT2D eigenvalue weighted by Crippen LogP contribution is 2.66. The number of anilines is 6. The molecule has 22 rings (SSSR count). The molecule has 0 N–H and O–H groups in total. The highest BCUT2D eigenvalue weighted by molar-refractivity contribution is 7.25. The molecule has 16 aromatic carbocycles. The Morgan fingerprint density at radius 3 is 1.15 bits per heavy atom. The van der Waals surface area contributed by atoms with Crippen molar-refractivity contribution in [2.45, 2.75) is 30.1 Å². The minimum Gasteiger partial charge on any atom is -0.310 e. The SMILES string of the molecule is CC1(C)c2ccc(-c3ccc4c(c3)-c3ccccc3C43c4ccccc4-c4cc(N(c5ccc(-c6ccccc6)cc5)c5ccc6sc7ccccc7c6c5)ccc43)cc2-c2cccc(N(c3ccc4c(c3)-c3ccccc3C43c4ccccc4-c4ccccc43)c3ccccc3-c3ccccc3)c21. The van der Waals surface area contributed by atoms with Crippen molar-refractivity contribution in [3.8, 4) is 89.0 Å². The lowest BCUT2D eigenvalue weighted by Crippen LogP contribution is -2.26. The molecule has 0 radical (unpaired) electrons. The lowest BCUT2D eigenvalue weighted by molar-refractivity contribution is 0.661. The van der Waals surface area contributed by atoms with Gasteiger partial charge in [0.25, 0.3) is 0 Å². The van der Waals surface area contributed by atoms with Crippen LogP contribution < -0.4 is 9.80 Å². The van der Waals surface area contributed by atoms with Crippen LogP contribution in [0.25, 0.3) is 109 Å². The second kappa shape index (κ2) is 22.2. The largest absolute Gasteiger partial charge is 0.310 e. The van der Waals surface area contributed by atoms with E-state index in [1.54, 1.807) is 0 Å². The lowest BCUT2D eigenvalue weighted by Gasteiger charge is -2.34. The molecule has 1 aromatic heterocycles. The fraction of sp³-hybridized carbons (Fsp3) is 0.0495. The number of thiophene rings is 1. The Morgan fingerprint density at radius 1 is 0.212 bits per heavy atom. The van der Waals surface area contributed by atoms with E-state index in [1.165, 1.54) is 171 Å². The van der Waals surface area contributed by atoms with Crippen molar-refractivity contribution < 1.29 is 0 Å². The van der Waals surface area contributed by atoms with E-state index in [9.17, 15) is 0 Å². The minimum absolute atomic E-state index is 0.368. The first-order valence-corrected chi connectivity index (χ1v) is 37.2. The van der Waals surface area contributed by atoms with E-state index in [2.05, 4.69) is 388 Å². The van der Waals surface area contributed by atoms with Gasteiger partial charge in [0.15, 0.2) is 0 Å². The number of para-hydroxylation sites is 1. The average molecular weight is 1340 g/mol. The molecule has 0 saturated heterocycles. The Morgan fingerprint density at radius 2 is 0.577 bits per heavy atom. The number of hydrogen-bond acceptors (Lipinski definition) is 3. The molecule has 0 bridgehead atoms. The van der Waals surface area contributed by atoms with Crippen molar-refractivity contribution in [2.24, 2.45) is 0 Å². The Hall–Kier alpha value is -12.7. The summed E-state index contributed by atoms with van der Waals surface area (Å²) in [6, 6.07) is 138. The van der Waals surface area contributed by atoms with E-state index < -0.39 is 10.8 Å². The van der Waals surface area contributed by atoms with Gasteiger partial charge >= 0.3 is 0 Å². The molecule has 2 spiro atoms. The van der Waals surface area contributed by atoms with Gasteiger partial charge in [-0.05, 0) is 224 Å². The van der Waals surface area contributed by atoms with Crippen LogP contribution in [0.4, 0.5) is 34.1 Å². The van der Waals surface area contributed by atoms with Crippen molar-refractivity contribution in [1.82, 2.24) is 0 Å². The summed E-state index contributed by atoms with van der Waals surface area (Å²) >= 11 is 1.86. The molecule has 1 atom stereocenters. The molecule has 3 heteroatoms. The van der Waals surface area contributed by atoms with E-state index in [4.69, 9.17) is 0 Å². The summed E-state index contributed by atoms with van der Waals surface area (Å²) in [6.07, 6.45) is 0. The van der Waals surface area contributed by atoms with Crippen LogP contribution in [0.3, 0.4) is 0 Å². The van der Waals surface area contributed by atoms with Crippen LogP contribution in [0.15, 0.2) is 364 Å². The number of benzene rings is 16. The summed E-state index contributed by atoms with van der Waals surface area (Å²) < 4.78 is 2.60. The van der Waals surface area contributed by atoms with E-state index in [0.29, 0.717) is 0 Å². The molecule has 1 heterocycles. The molecule has 0 fully saturated rings. The zero-order chi connectivity index (χ0) is 68.6. The van der Waals surface area contributed by atoms with Gasteiger partial charge in [-0.1, -0.05) is 293 Å². The van der Waals surface area contributed by atoms with E-state index in [-0.39, 0.29) is 5.41 Å². The van der Waals surface area contributed by atoms with Gasteiger partial charge in [0.05, 0.1) is 22.2 Å². The monoisotopic (exact) mass is 1340 g/mol. The number of hydrogen-bond donors (Lipinski definition) is 0. The molecule has 104 heavy (non-hydrogen) atoms. The van der Waals surface area contributed by atoms with Gasteiger partial charge in [-0.2, -0.15) is 0 Å². The molecule has 0 saturated carbocycles. The summed E-state index contributed by atoms with van der Waals surface area (Å²) in [4.78, 5) is 5.05. The molecular weight excluding hydrogens is 1270 g/mol. The Bertz CT molecular complexity index is 6430. The maximum absolute atomic E-state index is 2.58. The lowest BCUT2D eigenvalue weighted by atomic mass is 9.70. The Kier molecular flexibility index (Phi) is 12.6. The molecule has 17 aromatic rings. The summed E-state index contributed by atoms with van der Waals surface area (Å²) in [5.74, 6) is 0. The normalized spacial score (nSPS) is 15.0. The average Bonchev–Trinajstić information content (AvgIpc) is 1.51. The van der Waals surface area contributed by atoms with Gasteiger partial charge in [-0.25, -0.2) is 0 Å². The number of fused-ring (bicyclic) bond motifs is 26. The molecule has 0 aliphatic heterocycles. The molecule has 2 nitrogen and oxygen atoms in total. The molecule has 486 valence electrons. The zero-order valence-corrected chi connectivity index (χ0v) is 58.3. The second-order valence-electron chi connectivity index (χ2n) is 29.3. The van der Waals surface area contributed by atoms with Crippen LogP contribution in [-0.2, 0) is 16.2 Å². The van der Waals surface area contributed by atoms with Gasteiger partial charge < -0.3 is 9.80 Å². The summed E-state index contributed by atoms with van der Waals surface area (Å²) in [6.45, 7) is 4.88. The van der Waals surface area contributed by atoms with Gasteiger partial charge in [0.2, 0.25) is 0 Å². The Labute approximate surface area is 610 Å². The van der Waals surface area contributed by atoms with Crippen LogP contribution in [-0.4, -0.2) is 0 Å². The van der Waals surface area contributed by atoms with E-state index >= 15 is 0 Å².